The van der Waals surface area contributed by atoms with Crippen LogP contribution in [-0.2, 0) is 0 Å². The van der Waals surface area contributed by atoms with E-state index in [1.807, 2.05) is 12.1 Å². The van der Waals surface area contributed by atoms with Gasteiger partial charge in [0.25, 0.3) is 0 Å². The van der Waals surface area contributed by atoms with E-state index >= 15 is 0 Å². The van der Waals surface area contributed by atoms with Gasteiger partial charge in [-0.2, -0.15) is 11.3 Å². The fourth-order valence-electron chi connectivity index (χ4n) is 5.74. The van der Waals surface area contributed by atoms with E-state index in [4.69, 9.17) is 9.47 Å². The zero-order valence-corrected chi connectivity index (χ0v) is 21.4. The molecule has 4 nitrogen and oxygen atoms in total. The van der Waals surface area contributed by atoms with Crippen molar-refractivity contribution in [3.05, 3.63) is 68.9 Å². The molecular formula is C28H34N2O2S. The largest absolute Gasteiger partial charge is 0.497 e. The minimum absolute atomic E-state index is 0.253. The summed E-state index contributed by atoms with van der Waals surface area (Å²) in [7, 11) is 1.71. The summed E-state index contributed by atoms with van der Waals surface area (Å²) in [6, 6.07) is 10.7. The van der Waals surface area contributed by atoms with Gasteiger partial charge in [0.15, 0.2) is 0 Å². The van der Waals surface area contributed by atoms with Crippen LogP contribution in [0.15, 0.2) is 41.1 Å². The number of piperazine rings is 1. The first kappa shape index (κ1) is 22.1. The van der Waals surface area contributed by atoms with E-state index in [1.54, 1.807) is 18.4 Å². The van der Waals surface area contributed by atoms with E-state index in [9.17, 15) is 0 Å². The van der Waals surface area contributed by atoms with E-state index < -0.39 is 0 Å². The molecule has 2 aliphatic heterocycles. The first-order valence-corrected chi connectivity index (χ1v) is 12.7. The summed E-state index contributed by atoms with van der Waals surface area (Å²) >= 11 is 1.77. The molecule has 1 unspecified atom stereocenters. The minimum Gasteiger partial charge on any atom is -0.497 e. The van der Waals surface area contributed by atoms with Crippen LogP contribution in [0.5, 0.6) is 11.5 Å². The van der Waals surface area contributed by atoms with Gasteiger partial charge in [0.05, 0.1) is 13.0 Å². The fourth-order valence-corrected chi connectivity index (χ4v) is 6.43. The Morgan fingerprint density at radius 2 is 1.58 bits per heavy atom. The first-order chi connectivity index (χ1) is 15.8. The maximum absolute atomic E-state index is 6.63. The Morgan fingerprint density at radius 1 is 0.909 bits per heavy atom. The molecule has 174 valence electrons. The third kappa shape index (κ3) is 3.67. The minimum atomic E-state index is -0.253. The highest BCUT2D eigenvalue weighted by atomic mass is 32.1. The molecule has 0 aliphatic carbocycles. The Bertz CT molecular complexity index is 1140. The van der Waals surface area contributed by atoms with E-state index in [0.717, 1.165) is 37.7 Å². The van der Waals surface area contributed by atoms with Crippen LogP contribution in [-0.4, -0.2) is 38.9 Å². The second kappa shape index (κ2) is 8.28. The number of thiophene rings is 1. The molecule has 1 aromatic heterocycles. The zero-order valence-electron chi connectivity index (χ0n) is 20.6. The average molecular weight is 463 g/mol. The average Bonchev–Trinajstić information content (AvgIpc) is 3.43. The molecule has 3 heterocycles. The maximum Gasteiger partial charge on any atom is 0.127 e. The fraction of sp³-hybridized carbons (Fsp3) is 0.429. The lowest BCUT2D eigenvalue weighted by Gasteiger charge is -2.39. The molecule has 0 N–H and O–H groups in total. The van der Waals surface area contributed by atoms with Crippen molar-refractivity contribution >= 4 is 22.7 Å². The van der Waals surface area contributed by atoms with Crippen LogP contribution in [0.2, 0.25) is 0 Å². The predicted octanol–water partition coefficient (Wildman–Crippen LogP) is 6.31. The van der Waals surface area contributed by atoms with Crippen molar-refractivity contribution in [1.29, 1.82) is 0 Å². The number of ether oxygens (including phenoxy) is 2. The molecule has 1 fully saturated rings. The molecule has 0 bridgehead atoms. The van der Waals surface area contributed by atoms with E-state index in [-0.39, 0.29) is 11.5 Å². The topological polar surface area (TPSA) is 24.9 Å². The van der Waals surface area contributed by atoms with Crippen LogP contribution in [0.3, 0.4) is 0 Å². The molecule has 5 heteroatoms. The van der Waals surface area contributed by atoms with Gasteiger partial charge in [-0.05, 0) is 98.0 Å². The Hall–Kier alpha value is -2.66. The lowest BCUT2D eigenvalue weighted by molar-refractivity contribution is 0.121. The van der Waals surface area contributed by atoms with Gasteiger partial charge in [-0.3, -0.25) is 0 Å². The van der Waals surface area contributed by atoms with Crippen molar-refractivity contribution in [2.24, 2.45) is 0 Å². The number of benzene rings is 2. The first-order valence-electron chi connectivity index (χ1n) is 11.8. The van der Waals surface area contributed by atoms with Gasteiger partial charge in [-0.25, -0.2) is 0 Å². The Morgan fingerprint density at radius 3 is 2.18 bits per heavy atom. The third-order valence-electron chi connectivity index (χ3n) is 7.52. The van der Waals surface area contributed by atoms with Crippen LogP contribution in [0, 0.1) is 20.8 Å². The highest BCUT2D eigenvalue weighted by Crippen LogP contribution is 2.54. The normalized spacial score (nSPS) is 19.4. The molecule has 2 aliphatic rings. The molecule has 0 spiro atoms. The van der Waals surface area contributed by atoms with Crippen LogP contribution in [0.1, 0.15) is 47.6 Å². The summed E-state index contributed by atoms with van der Waals surface area (Å²) < 4.78 is 11.9. The van der Waals surface area contributed by atoms with E-state index in [0.29, 0.717) is 0 Å². The van der Waals surface area contributed by atoms with Crippen molar-refractivity contribution in [3.8, 4) is 11.5 Å². The zero-order chi connectivity index (χ0) is 23.3. The summed E-state index contributed by atoms with van der Waals surface area (Å²) in [6.07, 6.45) is 0. The number of methoxy groups -OCH3 is 1. The second-order valence-corrected chi connectivity index (χ2v) is 10.6. The van der Waals surface area contributed by atoms with Gasteiger partial charge in [0, 0.05) is 43.1 Å². The second-order valence-electron chi connectivity index (χ2n) is 9.83. The summed E-state index contributed by atoms with van der Waals surface area (Å²) in [5, 5.41) is 4.46. The molecule has 1 saturated heterocycles. The number of hydrogen-bond donors (Lipinski definition) is 0. The molecule has 3 aromatic rings. The summed E-state index contributed by atoms with van der Waals surface area (Å²) in [6.45, 7) is 15.3. The quantitative estimate of drug-likeness (QED) is 0.453. The summed E-state index contributed by atoms with van der Waals surface area (Å²) in [5.74, 6) is 2.27. The number of hydrogen-bond acceptors (Lipinski definition) is 5. The van der Waals surface area contributed by atoms with E-state index in [1.165, 1.54) is 39.2 Å². The molecule has 0 saturated carbocycles. The predicted molar refractivity (Wildman–Crippen MR) is 139 cm³/mol. The molecular weight excluding hydrogens is 428 g/mol. The molecule has 5 rings (SSSR count). The summed E-state index contributed by atoms with van der Waals surface area (Å²) in [4.78, 5) is 5.06. The van der Waals surface area contributed by atoms with Gasteiger partial charge < -0.3 is 19.3 Å². The van der Waals surface area contributed by atoms with Gasteiger partial charge >= 0.3 is 0 Å². The monoisotopic (exact) mass is 462 g/mol. The summed E-state index contributed by atoms with van der Waals surface area (Å²) in [5.41, 5.74) is 9.19. The molecule has 1 atom stereocenters. The van der Waals surface area contributed by atoms with Crippen molar-refractivity contribution in [1.82, 2.24) is 0 Å². The maximum atomic E-state index is 6.63. The number of anilines is 2. The van der Waals surface area contributed by atoms with Crippen LogP contribution in [0.4, 0.5) is 11.4 Å². The van der Waals surface area contributed by atoms with Gasteiger partial charge in [0.1, 0.15) is 17.1 Å². The van der Waals surface area contributed by atoms with Crippen molar-refractivity contribution < 1.29 is 9.47 Å². The van der Waals surface area contributed by atoms with Crippen LogP contribution in [0.25, 0.3) is 0 Å². The Balaban J connectivity index is 1.47. The van der Waals surface area contributed by atoms with Gasteiger partial charge in [-0.1, -0.05) is 0 Å². The highest BCUT2D eigenvalue weighted by molar-refractivity contribution is 7.08. The van der Waals surface area contributed by atoms with Crippen molar-refractivity contribution in [3.63, 3.8) is 0 Å². The lowest BCUT2D eigenvalue weighted by Crippen LogP contribution is -2.47. The smallest absolute Gasteiger partial charge is 0.127 e. The Kier molecular flexibility index (Phi) is 5.56. The molecule has 33 heavy (non-hydrogen) atoms. The van der Waals surface area contributed by atoms with Crippen molar-refractivity contribution in [2.45, 2.75) is 46.1 Å². The molecule has 2 aromatic carbocycles. The highest BCUT2D eigenvalue weighted by Gasteiger charge is 2.45. The molecule has 0 amide bonds. The third-order valence-corrected chi connectivity index (χ3v) is 8.22. The lowest BCUT2D eigenvalue weighted by atomic mass is 9.79. The van der Waals surface area contributed by atoms with E-state index in [2.05, 4.69) is 73.4 Å². The number of nitrogens with zero attached hydrogens (tertiary/aromatic N) is 2. The van der Waals surface area contributed by atoms with Crippen LogP contribution < -0.4 is 19.3 Å². The van der Waals surface area contributed by atoms with Crippen molar-refractivity contribution in [2.75, 3.05) is 43.1 Å². The standard InChI is InChI=1S/C28H34N2O2S/c1-18-19(2)27-24(25(28(4,5)32-27)21-11-16-33-17-21)20(3)26(18)30-14-12-29(13-15-30)22-7-9-23(31-6)10-8-22/h7-11,16-17,25H,12-15H2,1-6H3. The van der Waals surface area contributed by atoms with Gasteiger partial charge in [-0.15, -0.1) is 0 Å². The van der Waals surface area contributed by atoms with Crippen LogP contribution >= 0.6 is 11.3 Å². The molecule has 0 radical (unpaired) electrons. The number of rotatable bonds is 4. The van der Waals surface area contributed by atoms with Gasteiger partial charge in [0.2, 0.25) is 0 Å². The SMILES string of the molecule is COc1ccc(N2CCN(c3c(C)c(C)c4c(c3C)C(c3ccsc3)C(C)(C)O4)CC2)cc1. The Labute approximate surface area is 201 Å². The number of fused-ring (bicyclic) bond motifs is 1.